The van der Waals surface area contributed by atoms with Crippen molar-refractivity contribution in [3.8, 4) is 17.5 Å². The average molecular weight is 264 g/mol. The molecule has 3 aromatic rings. The Morgan fingerprint density at radius 1 is 1.28 bits per heavy atom. The standard InChI is InChI=1S/C12H10ClN3O2/c1-2-17-10-6-3-7-11(15-10)16-12(14-7)8-4-5-9(13)18-8/h3-6H,2H2,1H3,(H,14,15,16). The Morgan fingerprint density at radius 2 is 2.17 bits per heavy atom. The first-order valence-corrected chi connectivity index (χ1v) is 5.89. The highest BCUT2D eigenvalue weighted by Crippen LogP contribution is 2.24. The van der Waals surface area contributed by atoms with E-state index in [-0.39, 0.29) is 0 Å². The highest BCUT2D eigenvalue weighted by molar-refractivity contribution is 6.28. The Hall–Kier alpha value is -2.01. The number of pyridine rings is 1. The normalized spacial score (nSPS) is 11.0. The molecule has 1 N–H and O–H groups in total. The average Bonchev–Trinajstić information content (AvgIpc) is 2.94. The zero-order valence-corrected chi connectivity index (χ0v) is 10.4. The largest absolute Gasteiger partial charge is 0.478 e. The van der Waals surface area contributed by atoms with Crippen molar-refractivity contribution < 1.29 is 9.15 Å². The maximum absolute atomic E-state index is 5.73. The van der Waals surface area contributed by atoms with Crippen LogP contribution in [-0.2, 0) is 0 Å². The molecule has 92 valence electrons. The van der Waals surface area contributed by atoms with Crippen LogP contribution in [0, 0.1) is 0 Å². The van der Waals surface area contributed by atoms with Gasteiger partial charge in [-0.1, -0.05) is 0 Å². The van der Waals surface area contributed by atoms with Crippen molar-refractivity contribution in [3.05, 3.63) is 29.5 Å². The number of H-pyrrole nitrogens is 1. The van der Waals surface area contributed by atoms with Crippen LogP contribution in [0.5, 0.6) is 5.88 Å². The van der Waals surface area contributed by atoms with E-state index in [1.807, 2.05) is 13.0 Å². The zero-order valence-electron chi connectivity index (χ0n) is 9.61. The Balaban J connectivity index is 2.05. The number of nitrogens with zero attached hydrogens (tertiary/aromatic N) is 2. The number of hydrogen-bond donors (Lipinski definition) is 1. The molecule has 3 heterocycles. The lowest BCUT2D eigenvalue weighted by Gasteiger charge is -1.99. The van der Waals surface area contributed by atoms with Gasteiger partial charge in [0.2, 0.25) is 5.88 Å². The Bertz CT molecular complexity index is 690. The molecule has 0 aliphatic rings. The van der Waals surface area contributed by atoms with E-state index in [0.717, 1.165) is 5.52 Å². The van der Waals surface area contributed by atoms with Crippen molar-refractivity contribution in [3.63, 3.8) is 0 Å². The smallest absolute Gasteiger partial charge is 0.215 e. The number of halogens is 1. The van der Waals surface area contributed by atoms with Crippen molar-refractivity contribution in [2.45, 2.75) is 6.92 Å². The van der Waals surface area contributed by atoms with Crippen LogP contribution in [0.3, 0.4) is 0 Å². The fourth-order valence-corrected chi connectivity index (χ4v) is 1.81. The van der Waals surface area contributed by atoms with E-state index in [9.17, 15) is 0 Å². The Morgan fingerprint density at radius 3 is 2.89 bits per heavy atom. The van der Waals surface area contributed by atoms with Gasteiger partial charge in [-0.2, -0.15) is 4.98 Å². The number of hydrogen-bond acceptors (Lipinski definition) is 4. The lowest BCUT2D eigenvalue weighted by Crippen LogP contribution is -1.93. The summed E-state index contributed by atoms with van der Waals surface area (Å²) < 4.78 is 10.6. The summed E-state index contributed by atoms with van der Waals surface area (Å²) in [4.78, 5) is 11.7. The van der Waals surface area contributed by atoms with Crippen LogP contribution in [0.25, 0.3) is 22.7 Å². The van der Waals surface area contributed by atoms with Gasteiger partial charge in [0, 0.05) is 6.07 Å². The summed E-state index contributed by atoms with van der Waals surface area (Å²) in [5, 5.41) is 0.327. The predicted molar refractivity (Wildman–Crippen MR) is 67.8 cm³/mol. The highest BCUT2D eigenvalue weighted by Gasteiger charge is 2.10. The Kier molecular flexibility index (Phi) is 2.68. The van der Waals surface area contributed by atoms with Gasteiger partial charge in [0.25, 0.3) is 0 Å². The first-order valence-electron chi connectivity index (χ1n) is 5.51. The maximum atomic E-state index is 5.73. The quantitative estimate of drug-likeness (QED) is 0.788. The van der Waals surface area contributed by atoms with Crippen LogP contribution < -0.4 is 4.74 Å². The summed E-state index contributed by atoms with van der Waals surface area (Å²) in [6, 6.07) is 7.09. The summed E-state index contributed by atoms with van der Waals surface area (Å²) >= 11 is 5.73. The van der Waals surface area contributed by atoms with E-state index in [2.05, 4.69) is 15.0 Å². The minimum atomic E-state index is 0.327. The number of furan rings is 1. The molecule has 0 saturated heterocycles. The first-order chi connectivity index (χ1) is 8.76. The Labute approximate surface area is 108 Å². The molecule has 5 nitrogen and oxygen atoms in total. The van der Waals surface area contributed by atoms with Crippen LogP contribution in [-0.4, -0.2) is 21.6 Å². The summed E-state index contributed by atoms with van der Waals surface area (Å²) in [7, 11) is 0. The molecule has 18 heavy (non-hydrogen) atoms. The molecule has 3 aromatic heterocycles. The number of nitrogens with one attached hydrogen (secondary N) is 1. The fraction of sp³-hybridized carbons (Fsp3) is 0.167. The number of aromatic nitrogens is 3. The van der Waals surface area contributed by atoms with Gasteiger partial charge in [-0.15, -0.1) is 0 Å². The van der Waals surface area contributed by atoms with Crippen LogP contribution in [0.2, 0.25) is 5.22 Å². The predicted octanol–water partition coefficient (Wildman–Crippen LogP) is 3.27. The van der Waals surface area contributed by atoms with E-state index in [4.69, 9.17) is 20.8 Å². The third-order valence-electron chi connectivity index (χ3n) is 2.42. The van der Waals surface area contributed by atoms with Gasteiger partial charge >= 0.3 is 0 Å². The molecule has 0 amide bonds. The monoisotopic (exact) mass is 263 g/mol. The van der Waals surface area contributed by atoms with E-state index < -0.39 is 0 Å². The molecule has 0 atom stereocenters. The van der Waals surface area contributed by atoms with Gasteiger partial charge < -0.3 is 14.1 Å². The van der Waals surface area contributed by atoms with E-state index in [1.54, 1.807) is 18.2 Å². The topological polar surface area (TPSA) is 63.9 Å². The van der Waals surface area contributed by atoms with E-state index >= 15 is 0 Å². The van der Waals surface area contributed by atoms with Gasteiger partial charge in [0.05, 0.1) is 12.1 Å². The van der Waals surface area contributed by atoms with Crippen molar-refractivity contribution in [1.29, 1.82) is 0 Å². The molecule has 0 spiro atoms. The fourth-order valence-electron chi connectivity index (χ4n) is 1.66. The second kappa shape index (κ2) is 4.34. The molecule has 6 heteroatoms. The third kappa shape index (κ3) is 1.93. The van der Waals surface area contributed by atoms with Crippen molar-refractivity contribution in [2.24, 2.45) is 0 Å². The minimum absolute atomic E-state index is 0.327. The third-order valence-corrected chi connectivity index (χ3v) is 2.62. The minimum Gasteiger partial charge on any atom is -0.478 e. The molecule has 0 fully saturated rings. The number of aromatic amines is 1. The molecule has 0 radical (unpaired) electrons. The number of rotatable bonds is 3. The molecule has 0 aliphatic carbocycles. The zero-order chi connectivity index (χ0) is 12.5. The summed E-state index contributed by atoms with van der Waals surface area (Å²) in [6.07, 6.45) is 0. The van der Waals surface area contributed by atoms with Crippen molar-refractivity contribution in [2.75, 3.05) is 6.61 Å². The van der Waals surface area contributed by atoms with Gasteiger partial charge in [-0.05, 0) is 36.7 Å². The van der Waals surface area contributed by atoms with Crippen LogP contribution in [0.15, 0.2) is 28.7 Å². The SMILES string of the molecule is CCOc1ccc2[nH]c(-c3ccc(Cl)o3)nc2n1. The maximum Gasteiger partial charge on any atom is 0.215 e. The van der Waals surface area contributed by atoms with E-state index in [0.29, 0.717) is 34.9 Å². The van der Waals surface area contributed by atoms with E-state index in [1.165, 1.54) is 0 Å². The second-order valence-electron chi connectivity index (χ2n) is 3.64. The lowest BCUT2D eigenvalue weighted by molar-refractivity contribution is 0.328. The molecular weight excluding hydrogens is 254 g/mol. The number of fused-ring (bicyclic) bond motifs is 1. The van der Waals surface area contributed by atoms with Gasteiger partial charge in [-0.3, -0.25) is 0 Å². The summed E-state index contributed by atoms with van der Waals surface area (Å²) in [5.41, 5.74) is 1.41. The van der Waals surface area contributed by atoms with Crippen molar-refractivity contribution in [1.82, 2.24) is 15.0 Å². The molecule has 0 aliphatic heterocycles. The van der Waals surface area contributed by atoms with Crippen molar-refractivity contribution >= 4 is 22.8 Å². The number of ether oxygens (including phenoxy) is 1. The second-order valence-corrected chi connectivity index (χ2v) is 4.02. The lowest BCUT2D eigenvalue weighted by atomic mass is 10.4. The molecular formula is C12H10ClN3O2. The van der Waals surface area contributed by atoms with Crippen LogP contribution >= 0.6 is 11.6 Å². The summed E-state index contributed by atoms with van der Waals surface area (Å²) in [6.45, 7) is 2.48. The van der Waals surface area contributed by atoms with Crippen LogP contribution in [0.1, 0.15) is 6.92 Å². The number of imidazole rings is 1. The molecule has 0 aromatic carbocycles. The first kappa shape index (κ1) is 11.1. The van der Waals surface area contributed by atoms with Crippen LogP contribution in [0.4, 0.5) is 0 Å². The molecule has 0 unspecified atom stereocenters. The van der Waals surface area contributed by atoms with Gasteiger partial charge in [-0.25, -0.2) is 4.98 Å². The highest BCUT2D eigenvalue weighted by atomic mass is 35.5. The van der Waals surface area contributed by atoms with Gasteiger partial charge in [0.1, 0.15) is 0 Å². The van der Waals surface area contributed by atoms with Gasteiger partial charge in [0.15, 0.2) is 22.5 Å². The molecule has 0 saturated carbocycles. The summed E-state index contributed by atoms with van der Waals surface area (Å²) in [5.74, 6) is 1.73. The molecule has 3 rings (SSSR count). The molecule has 0 bridgehead atoms.